The Kier molecular flexibility index (Phi) is 5.40. The van der Waals surface area contributed by atoms with Crippen molar-refractivity contribution in [3.8, 4) is 0 Å². The van der Waals surface area contributed by atoms with E-state index < -0.39 is 0 Å². The van der Waals surface area contributed by atoms with Gasteiger partial charge in [-0.05, 0) is 64.9 Å². The summed E-state index contributed by atoms with van der Waals surface area (Å²) in [6, 6.07) is 2.57. The van der Waals surface area contributed by atoms with Crippen molar-refractivity contribution in [2.75, 3.05) is 26.2 Å². The van der Waals surface area contributed by atoms with E-state index in [1.165, 1.54) is 32.5 Å². The molecule has 0 amide bonds. The first-order valence-corrected chi connectivity index (χ1v) is 7.66. The summed E-state index contributed by atoms with van der Waals surface area (Å²) >= 11 is 0. The lowest BCUT2D eigenvalue weighted by Crippen LogP contribution is -2.37. The Bertz CT molecular complexity index is 364. The fraction of sp³-hybridized carbons (Fsp3) is 0.800. The molecule has 1 aromatic heterocycles. The zero-order valence-corrected chi connectivity index (χ0v) is 12.6. The molecule has 108 valence electrons. The van der Waals surface area contributed by atoms with E-state index in [1.807, 2.05) is 4.68 Å². The van der Waals surface area contributed by atoms with Crippen molar-refractivity contribution in [2.24, 2.45) is 5.92 Å². The molecule has 0 unspecified atom stereocenters. The maximum absolute atomic E-state index is 4.56. The van der Waals surface area contributed by atoms with Gasteiger partial charge in [-0.25, -0.2) is 0 Å². The minimum absolute atomic E-state index is 0.451. The molecule has 1 aromatic rings. The van der Waals surface area contributed by atoms with Crippen LogP contribution in [0.3, 0.4) is 0 Å². The molecule has 0 radical (unpaired) electrons. The van der Waals surface area contributed by atoms with Crippen LogP contribution in [0.15, 0.2) is 12.3 Å². The lowest BCUT2D eigenvalue weighted by Gasteiger charge is -2.31. The first kappa shape index (κ1) is 14.5. The first-order chi connectivity index (χ1) is 9.19. The minimum Gasteiger partial charge on any atom is -0.311 e. The second-order valence-electron chi connectivity index (χ2n) is 5.89. The van der Waals surface area contributed by atoms with Gasteiger partial charge in [-0.2, -0.15) is 5.10 Å². The van der Waals surface area contributed by atoms with Gasteiger partial charge in [0.1, 0.15) is 0 Å². The highest BCUT2D eigenvalue weighted by atomic mass is 15.3. The molecule has 1 N–H and O–H groups in total. The molecule has 1 saturated heterocycles. The summed E-state index contributed by atoms with van der Waals surface area (Å²) in [6.07, 6.45) is 4.74. The van der Waals surface area contributed by atoms with Crippen LogP contribution in [0.1, 0.15) is 45.3 Å². The molecular weight excluding hydrogens is 236 g/mol. The Morgan fingerprint density at radius 1 is 1.37 bits per heavy atom. The van der Waals surface area contributed by atoms with Crippen molar-refractivity contribution in [2.45, 2.75) is 46.2 Å². The number of likely N-dealkylation sites (tertiary alicyclic amines) is 1. The van der Waals surface area contributed by atoms with Crippen LogP contribution in [0, 0.1) is 5.92 Å². The number of nitrogens with one attached hydrogen (secondary N) is 1. The molecule has 0 aliphatic carbocycles. The molecule has 0 bridgehead atoms. The van der Waals surface area contributed by atoms with Gasteiger partial charge in [-0.1, -0.05) is 6.92 Å². The van der Waals surface area contributed by atoms with Gasteiger partial charge in [-0.15, -0.1) is 0 Å². The van der Waals surface area contributed by atoms with Gasteiger partial charge < -0.3 is 10.2 Å². The molecule has 0 aromatic carbocycles. The number of piperidine rings is 1. The summed E-state index contributed by atoms with van der Waals surface area (Å²) in [5.74, 6) is 0.843. The quantitative estimate of drug-likeness (QED) is 0.856. The third-order valence-corrected chi connectivity index (χ3v) is 4.09. The van der Waals surface area contributed by atoms with Crippen molar-refractivity contribution < 1.29 is 0 Å². The van der Waals surface area contributed by atoms with Gasteiger partial charge in [0.05, 0.1) is 5.69 Å². The van der Waals surface area contributed by atoms with Crippen LogP contribution in [-0.4, -0.2) is 40.9 Å². The van der Waals surface area contributed by atoms with E-state index in [4.69, 9.17) is 0 Å². The van der Waals surface area contributed by atoms with E-state index in [0.29, 0.717) is 6.04 Å². The van der Waals surface area contributed by atoms with E-state index in [1.54, 1.807) is 0 Å². The maximum atomic E-state index is 4.56. The first-order valence-electron chi connectivity index (χ1n) is 7.66. The van der Waals surface area contributed by atoms with Gasteiger partial charge >= 0.3 is 0 Å². The van der Waals surface area contributed by atoms with E-state index in [2.05, 4.69) is 48.3 Å². The Morgan fingerprint density at radius 2 is 2.11 bits per heavy atom. The van der Waals surface area contributed by atoms with Crippen LogP contribution in [0.25, 0.3) is 0 Å². The number of rotatable bonds is 6. The van der Waals surface area contributed by atoms with Crippen molar-refractivity contribution >= 4 is 0 Å². The van der Waals surface area contributed by atoms with Gasteiger partial charge in [0.25, 0.3) is 0 Å². The topological polar surface area (TPSA) is 33.1 Å². The Hall–Kier alpha value is -0.870. The lowest BCUT2D eigenvalue weighted by atomic mass is 9.97. The Balaban J connectivity index is 1.66. The molecule has 4 nitrogen and oxygen atoms in total. The maximum Gasteiger partial charge on any atom is 0.0762 e. The normalized spacial score (nSPS) is 18.3. The molecule has 19 heavy (non-hydrogen) atoms. The van der Waals surface area contributed by atoms with E-state index in [-0.39, 0.29) is 0 Å². The van der Waals surface area contributed by atoms with Crippen LogP contribution in [-0.2, 0) is 6.54 Å². The molecule has 0 atom stereocenters. The predicted molar refractivity (Wildman–Crippen MR) is 79.2 cm³/mol. The van der Waals surface area contributed by atoms with Crippen LogP contribution in [0.2, 0.25) is 0 Å². The Morgan fingerprint density at radius 3 is 2.68 bits per heavy atom. The number of nitrogens with zero attached hydrogens (tertiary/aromatic N) is 3. The average molecular weight is 264 g/mol. The second kappa shape index (κ2) is 7.06. The second-order valence-corrected chi connectivity index (χ2v) is 5.89. The summed E-state index contributed by atoms with van der Waals surface area (Å²) in [5, 5.41) is 8.13. The molecule has 2 rings (SSSR count). The number of aromatic nitrogens is 2. The van der Waals surface area contributed by atoms with Crippen LogP contribution >= 0.6 is 0 Å². The third-order valence-electron chi connectivity index (χ3n) is 4.09. The highest BCUT2D eigenvalue weighted by Crippen LogP contribution is 2.16. The molecule has 0 spiro atoms. The van der Waals surface area contributed by atoms with Gasteiger partial charge in [-0.3, -0.25) is 4.68 Å². The highest BCUT2D eigenvalue weighted by Gasteiger charge is 2.17. The van der Waals surface area contributed by atoms with E-state index in [0.717, 1.165) is 24.7 Å². The third kappa shape index (κ3) is 4.32. The SMILES string of the molecule is CCN1CCC(CNCc2ccn(C(C)C)n2)CC1. The largest absolute Gasteiger partial charge is 0.311 e. The standard InChI is InChI=1S/C15H28N4/c1-4-18-8-5-14(6-9-18)11-16-12-15-7-10-19(17-15)13(2)3/h7,10,13-14,16H,4-6,8-9,11-12H2,1-3H3. The summed E-state index contributed by atoms with van der Waals surface area (Å²) in [5.41, 5.74) is 1.15. The minimum atomic E-state index is 0.451. The van der Waals surface area contributed by atoms with Crippen LogP contribution in [0.4, 0.5) is 0 Å². The van der Waals surface area contributed by atoms with Crippen LogP contribution in [0.5, 0.6) is 0 Å². The van der Waals surface area contributed by atoms with E-state index >= 15 is 0 Å². The van der Waals surface area contributed by atoms with Gasteiger partial charge in [0, 0.05) is 18.8 Å². The van der Waals surface area contributed by atoms with Crippen molar-refractivity contribution in [1.29, 1.82) is 0 Å². The summed E-state index contributed by atoms with van der Waals surface area (Å²) < 4.78 is 2.02. The van der Waals surface area contributed by atoms with E-state index in [9.17, 15) is 0 Å². The van der Waals surface area contributed by atoms with Crippen molar-refractivity contribution in [1.82, 2.24) is 20.0 Å². The molecule has 2 heterocycles. The fourth-order valence-corrected chi connectivity index (χ4v) is 2.67. The van der Waals surface area contributed by atoms with Crippen molar-refractivity contribution in [3.05, 3.63) is 18.0 Å². The summed E-state index contributed by atoms with van der Waals surface area (Å²) in [6.45, 7) is 12.3. The monoisotopic (exact) mass is 264 g/mol. The zero-order chi connectivity index (χ0) is 13.7. The van der Waals surface area contributed by atoms with Crippen LogP contribution < -0.4 is 5.32 Å². The predicted octanol–water partition coefficient (Wildman–Crippen LogP) is 2.29. The zero-order valence-electron chi connectivity index (χ0n) is 12.6. The lowest BCUT2D eigenvalue weighted by molar-refractivity contribution is 0.190. The average Bonchev–Trinajstić information content (AvgIpc) is 2.89. The number of hydrogen-bond acceptors (Lipinski definition) is 3. The fourth-order valence-electron chi connectivity index (χ4n) is 2.67. The highest BCUT2D eigenvalue weighted by molar-refractivity contribution is 4.99. The molecule has 1 aliphatic rings. The smallest absolute Gasteiger partial charge is 0.0762 e. The van der Waals surface area contributed by atoms with Gasteiger partial charge in [0.2, 0.25) is 0 Å². The molecule has 0 saturated carbocycles. The molecule has 4 heteroatoms. The summed E-state index contributed by atoms with van der Waals surface area (Å²) in [4.78, 5) is 2.54. The Labute approximate surface area is 117 Å². The molecular formula is C15H28N4. The molecule has 1 aliphatic heterocycles. The van der Waals surface area contributed by atoms with Gasteiger partial charge in [0.15, 0.2) is 0 Å². The number of hydrogen-bond donors (Lipinski definition) is 1. The molecule has 1 fully saturated rings. The summed E-state index contributed by atoms with van der Waals surface area (Å²) in [7, 11) is 0. The van der Waals surface area contributed by atoms with Crippen molar-refractivity contribution in [3.63, 3.8) is 0 Å².